The number of ether oxygens (including phenoxy) is 2. The molecule has 0 unspecified atom stereocenters. The number of hydrogen-bond donors (Lipinski definition) is 1. The van der Waals surface area contributed by atoms with E-state index < -0.39 is 0 Å². The predicted molar refractivity (Wildman–Crippen MR) is 106 cm³/mol. The molecule has 0 spiro atoms. The van der Waals surface area contributed by atoms with Crippen molar-refractivity contribution in [3.8, 4) is 11.5 Å². The van der Waals surface area contributed by atoms with Crippen LogP contribution in [0, 0.1) is 6.92 Å². The fraction of sp³-hybridized carbons (Fsp3) is 0.300. The molecular formula is C20H23ClN2O4. The van der Waals surface area contributed by atoms with E-state index in [0.29, 0.717) is 23.0 Å². The molecule has 0 aliphatic carbocycles. The van der Waals surface area contributed by atoms with Gasteiger partial charge >= 0.3 is 0 Å². The van der Waals surface area contributed by atoms with Crippen LogP contribution in [-0.4, -0.2) is 43.5 Å². The van der Waals surface area contributed by atoms with E-state index in [2.05, 4.69) is 5.32 Å². The van der Waals surface area contributed by atoms with Crippen LogP contribution in [0.3, 0.4) is 0 Å². The third-order valence-electron chi connectivity index (χ3n) is 4.01. The van der Waals surface area contributed by atoms with Gasteiger partial charge in [-0.15, -0.1) is 0 Å². The minimum Gasteiger partial charge on any atom is -0.497 e. The molecule has 7 heteroatoms. The summed E-state index contributed by atoms with van der Waals surface area (Å²) in [6, 6.07) is 12.4. The maximum Gasteiger partial charge on any atom is 0.244 e. The quantitative estimate of drug-likeness (QED) is 0.748. The number of nitrogens with zero attached hydrogens (tertiary/aromatic N) is 1. The molecule has 1 N–H and O–H groups in total. The number of methoxy groups -OCH3 is 1. The average molecular weight is 391 g/mol. The van der Waals surface area contributed by atoms with E-state index in [1.807, 2.05) is 6.92 Å². The van der Waals surface area contributed by atoms with Gasteiger partial charge in [-0.1, -0.05) is 17.7 Å². The number of amides is 2. The van der Waals surface area contributed by atoms with E-state index in [-0.39, 0.29) is 25.0 Å². The molecule has 2 amide bonds. The average Bonchev–Trinajstić information content (AvgIpc) is 2.65. The van der Waals surface area contributed by atoms with Gasteiger partial charge in [0.05, 0.1) is 20.2 Å². The van der Waals surface area contributed by atoms with Crippen molar-refractivity contribution in [3.63, 3.8) is 0 Å². The Morgan fingerprint density at radius 2 is 1.78 bits per heavy atom. The summed E-state index contributed by atoms with van der Waals surface area (Å²) < 4.78 is 10.7. The monoisotopic (exact) mass is 390 g/mol. The number of halogens is 1. The molecule has 0 saturated carbocycles. The Labute approximate surface area is 164 Å². The van der Waals surface area contributed by atoms with Gasteiger partial charge in [0, 0.05) is 17.6 Å². The van der Waals surface area contributed by atoms with Crippen LogP contribution in [0.1, 0.15) is 12.5 Å². The van der Waals surface area contributed by atoms with Crippen molar-refractivity contribution in [3.05, 3.63) is 53.1 Å². The molecule has 0 bridgehead atoms. The lowest BCUT2D eigenvalue weighted by Crippen LogP contribution is -2.39. The van der Waals surface area contributed by atoms with E-state index in [1.165, 1.54) is 11.8 Å². The third kappa shape index (κ3) is 6.18. The Balaban J connectivity index is 1.87. The lowest BCUT2D eigenvalue weighted by Gasteiger charge is -2.21. The second-order valence-corrected chi connectivity index (χ2v) is 6.33. The summed E-state index contributed by atoms with van der Waals surface area (Å²) >= 11 is 6.06. The molecule has 0 radical (unpaired) electrons. The molecule has 2 aromatic rings. The number of benzene rings is 2. The summed E-state index contributed by atoms with van der Waals surface area (Å²) in [5.74, 6) is 0.908. The number of rotatable bonds is 8. The molecule has 0 saturated heterocycles. The largest absolute Gasteiger partial charge is 0.497 e. The van der Waals surface area contributed by atoms with Crippen molar-refractivity contribution >= 4 is 29.1 Å². The van der Waals surface area contributed by atoms with E-state index in [9.17, 15) is 9.59 Å². The molecule has 0 aliphatic rings. The second kappa shape index (κ2) is 9.83. The van der Waals surface area contributed by atoms with Crippen molar-refractivity contribution in [2.75, 3.05) is 32.1 Å². The molecule has 27 heavy (non-hydrogen) atoms. The van der Waals surface area contributed by atoms with Crippen LogP contribution < -0.4 is 14.8 Å². The number of carbonyl (C=O) groups excluding carboxylic acids is 2. The van der Waals surface area contributed by atoms with Gasteiger partial charge in [-0.3, -0.25) is 9.59 Å². The highest BCUT2D eigenvalue weighted by Crippen LogP contribution is 2.22. The molecule has 2 aromatic carbocycles. The Kier molecular flexibility index (Phi) is 7.49. The van der Waals surface area contributed by atoms with Crippen molar-refractivity contribution in [2.45, 2.75) is 13.8 Å². The zero-order valence-electron chi connectivity index (χ0n) is 15.6. The first-order valence-corrected chi connectivity index (χ1v) is 8.86. The topological polar surface area (TPSA) is 67.9 Å². The molecule has 144 valence electrons. The van der Waals surface area contributed by atoms with Gasteiger partial charge in [-0.05, 0) is 48.9 Å². The SMILES string of the molecule is COc1ccc(OCCN(CC(=O)Nc2cccc(Cl)c2C)C(C)=O)cc1. The minimum atomic E-state index is -0.292. The zero-order valence-corrected chi connectivity index (χ0v) is 16.4. The number of hydrogen-bond acceptors (Lipinski definition) is 4. The number of anilines is 1. The Morgan fingerprint density at radius 1 is 1.11 bits per heavy atom. The highest BCUT2D eigenvalue weighted by atomic mass is 35.5. The summed E-state index contributed by atoms with van der Waals surface area (Å²) in [5.41, 5.74) is 1.41. The number of carbonyl (C=O) groups is 2. The van der Waals surface area contributed by atoms with Crippen LogP contribution >= 0.6 is 11.6 Å². The smallest absolute Gasteiger partial charge is 0.244 e. The zero-order chi connectivity index (χ0) is 19.8. The van der Waals surface area contributed by atoms with Gasteiger partial charge in [0.2, 0.25) is 11.8 Å². The normalized spacial score (nSPS) is 10.2. The van der Waals surface area contributed by atoms with E-state index in [0.717, 1.165) is 11.3 Å². The first-order chi connectivity index (χ1) is 12.9. The molecule has 0 fully saturated rings. The molecule has 0 aliphatic heterocycles. The molecule has 6 nitrogen and oxygen atoms in total. The predicted octanol–water partition coefficient (Wildman–Crippen LogP) is 3.52. The van der Waals surface area contributed by atoms with Crippen LogP contribution in [0.5, 0.6) is 11.5 Å². The van der Waals surface area contributed by atoms with Crippen molar-refractivity contribution in [2.24, 2.45) is 0 Å². The standard InChI is InChI=1S/C20H23ClN2O4/c1-14-18(21)5-4-6-19(14)22-20(25)13-23(15(2)24)11-12-27-17-9-7-16(26-3)8-10-17/h4-10H,11-13H2,1-3H3,(H,22,25). The van der Waals surface area contributed by atoms with E-state index in [4.69, 9.17) is 21.1 Å². The fourth-order valence-electron chi connectivity index (χ4n) is 2.40. The lowest BCUT2D eigenvalue weighted by molar-refractivity contribution is -0.133. The minimum absolute atomic E-state index is 0.0622. The van der Waals surface area contributed by atoms with Crippen molar-refractivity contribution in [1.29, 1.82) is 0 Å². The van der Waals surface area contributed by atoms with E-state index >= 15 is 0 Å². The Morgan fingerprint density at radius 3 is 2.41 bits per heavy atom. The van der Waals surface area contributed by atoms with Crippen LogP contribution in [0.4, 0.5) is 5.69 Å². The summed E-state index contributed by atoms with van der Waals surface area (Å²) in [6.45, 7) is 3.75. The summed E-state index contributed by atoms with van der Waals surface area (Å²) in [4.78, 5) is 25.6. The molecule has 0 atom stereocenters. The molecule has 2 rings (SSSR count). The summed E-state index contributed by atoms with van der Waals surface area (Å²) in [6.07, 6.45) is 0. The summed E-state index contributed by atoms with van der Waals surface area (Å²) in [7, 11) is 1.59. The molecule has 0 aromatic heterocycles. The molecule has 0 heterocycles. The van der Waals surface area contributed by atoms with Crippen LogP contribution in [-0.2, 0) is 9.59 Å². The van der Waals surface area contributed by atoms with Gasteiger partial charge < -0.3 is 19.7 Å². The first kappa shape index (κ1) is 20.6. The van der Waals surface area contributed by atoms with Crippen LogP contribution in [0.25, 0.3) is 0 Å². The lowest BCUT2D eigenvalue weighted by atomic mass is 10.2. The molecular weight excluding hydrogens is 368 g/mol. The van der Waals surface area contributed by atoms with Gasteiger partial charge in [0.1, 0.15) is 18.1 Å². The van der Waals surface area contributed by atoms with Gasteiger partial charge in [0.25, 0.3) is 0 Å². The fourth-order valence-corrected chi connectivity index (χ4v) is 2.57. The highest BCUT2D eigenvalue weighted by Gasteiger charge is 2.15. The first-order valence-electron chi connectivity index (χ1n) is 8.48. The Bertz CT molecular complexity index is 793. The van der Waals surface area contributed by atoms with Gasteiger partial charge in [0.15, 0.2) is 0 Å². The van der Waals surface area contributed by atoms with Crippen LogP contribution in [0.2, 0.25) is 5.02 Å². The second-order valence-electron chi connectivity index (χ2n) is 5.93. The summed E-state index contributed by atoms with van der Waals surface area (Å²) in [5, 5.41) is 3.36. The maximum atomic E-state index is 12.3. The highest BCUT2D eigenvalue weighted by molar-refractivity contribution is 6.31. The Hall–Kier alpha value is -2.73. The van der Waals surface area contributed by atoms with Crippen molar-refractivity contribution in [1.82, 2.24) is 4.90 Å². The van der Waals surface area contributed by atoms with Gasteiger partial charge in [-0.2, -0.15) is 0 Å². The van der Waals surface area contributed by atoms with Crippen LogP contribution in [0.15, 0.2) is 42.5 Å². The van der Waals surface area contributed by atoms with E-state index in [1.54, 1.807) is 49.6 Å². The maximum absolute atomic E-state index is 12.3. The number of nitrogens with one attached hydrogen (secondary N) is 1. The van der Waals surface area contributed by atoms with Gasteiger partial charge in [-0.25, -0.2) is 0 Å². The third-order valence-corrected chi connectivity index (χ3v) is 4.42. The van der Waals surface area contributed by atoms with Crippen molar-refractivity contribution < 1.29 is 19.1 Å².